The molecule has 0 spiro atoms. The molecule has 7 nitrogen and oxygen atoms in total. The Labute approximate surface area is 181 Å². The average molecular weight is 418 g/mol. The molecule has 0 radical (unpaired) electrons. The Bertz CT molecular complexity index is 1160. The second-order valence-electron chi connectivity index (χ2n) is 7.66. The minimum Gasteiger partial charge on any atom is -0.454 e. The minimum absolute atomic E-state index is 0.150. The number of carbonyl (C=O) groups excluding carboxylic acids is 1. The lowest BCUT2D eigenvalue weighted by molar-refractivity contribution is -0.119. The molecule has 1 aliphatic heterocycles. The Morgan fingerprint density at radius 1 is 1.06 bits per heavy atom. The average Bonchev–Trinajstić information content (AvgIpc) is 3.30. The topological polar surface area (TPSA) is 76.9 Å². The first-order chi connectivity index (χ1) is 14.9. The van der Waals surface area contributed by atoms with Crippen molar-refractivity contribution >= 4 is 17.8 Å². The first kappa shape index (κ1) is 20.5. The molecule has 2 aromatic carbocycles. The smallest absolute Gasteiger partial charge is 0.259 e. The lowest BCUT2D eigenvalue weighted by Gasteiger charge is -2.10. The van der Waals surface area contributed by atoms with Crippen LogP contribution < -0.4 is 20.2 Å². The lowest BCUT2D eigenvalue weighted by Crippen LogP contribution is -2.26. The van der Waals surface area contributed by atoms with Crippen molar-refractivity contribution in [2.45, 2.75) is 27.7 Å². The van der Waals surface area contributed by atoms with Crippen LogP contribution in [0.15, 0.2) is 47.6 Å². The molecule has 1 aromatic heterocycles. The number of aromatic nitrogens is 1. The first-order valence-electron chi connectivity index (χ1n) is 10.1. The van der Waals surface area contributed by atoms with Crippen LogP contribution in [0.1, 0.15) is 28.1 Å². The van der Waals surface area contributed by atoms with Crippen molar-refractivity contribution in [3.8, 4) is 17.2 Å². The SMILES string of the molecule is Cc1ccc(NCC(=O)N/N=C\c2cc(C)n(-c3ccc4c(c3)OCO4)c2C)c(C)c1. The van der Waals surface area contributed by atoms with Gasteiger partial charge in [0.05, 0.1) is 12.8 Å². The van der Waals surface area contributed by atoms with Crippen molar-refractivity contribution in [1.82, 2.24) is 9.99 Å². The van der Waals surface area contributed by atoms with Crippen LogP contribution in [0.5, 0.6) is 11.5 Å². The molecule has 0 saturated heterocycles. The number of hydrogen-bond donors (Lipinski definition) is 2. The first-order valence-corrected chi connectivity index (χ1v) is 10.1. The summed E-state index contributed by atoms with van der Waals surface area (Å²) in [5.74, 6) is 1.29. The van der Waals surface area contributed by atoms with Gasteiger partial charge >= 0.3 is 0 Å². The molecule has 0 bridgehead atoms. The van der Waals surface area contributed by atoms with Gasteiger partial charge in [-0.3, -0.25) is 4.79 Å². The molecule has 0 saturated carbocycles. The van der Waals surface area contributed by atoms with E-state index in [0.29, 0.717) is 0 Å². The van der Waals surface area contributed by atoms with E-state index in [2.05, 4.69) is 26.5 Å². The summed E-state index contributed by atoms with van der Waals surface area (Å²) in [6, 6.07) is 14.0. The highest BCUT2D eigenvalue weighted by Crippen LogP contribution is 2.34. The second kappa shape index (κ2) is 8.55. The van der Waals surface area contributed by atoms with Gasteiger partial charge in [0.25, 0.3) is 5.91 Å². The van der Waals surface area contributed by atoms with Gasteiger partial charge in [-0.2, -0.15) is 5.10 Å². The van der Waals surface area contributed by atoms with Crippen LogP contribution in [-0.2, 0) is 4.79 Å². The summed E-state index contributed by atoms with van der Waals surface area (Å²) in [4.78, 5) is 12.2. The van der Waals surface area contributed by atoms with Crippen LogP contribution in [-0.4, -0.2) is 30.0 Å². The van der Waals surface area contributed by atoms with E-state index >= 15 is 0 Å². The van der Waals surface area contributed by atoms with E-state index in [-0.39, 0.29) is 19.2 Å². The number of rotatable bonds is 6. The zero-order chi connectivity index (χ0) is 22.0. The molecule has 2 N–H and O–H groups in total. The van der Waals surface area contributed by atoms with Crippen LogP contribution in [0.2, 0.25) is 0 Å². The summed E-state index contributed by atoms with van der Waals surface area (Å²) in [6.07, 6.45) is 1.67. The van der Waals surface area contributed by atoms with E-state index in [0.717, 1.165) is 45.4 Å². The molecule has 31 heavy (non-hydrogen) atoms. The fourth-order valence-corrected chi connectivity index (χ4v) is 3.74. The lowest BCUT2D eigenvalue weighted by atomic mass is 10.1. The summed E-state index contributed by atoms with van der Waals surface area (Å²) in [5, 5.41) is 7.28. The number of nitrogens with one attached hydrogen (secondary N) is 2. The molecule has 1 aliphatic rings. The third-order valence-corrected chi connectivity index (χ3v) is 5.30. The van der Waals surface area contributed by atoms with Crippen molar-refractivity contribution in [2.75, 3.05) is 18.7 Å². The Hall–Kier alpha value is -3.74. The Balaban J connectivity index is 1.40. The standard InChI is InChI=1S/C24H26N4O3/c1-15-5-7-21(16(2)9-15)25-13-24(29)27-26-12-19-10-17(3)28(18(19)4)20-6-8-22-23(11-20)31-14-30-22/h5-12,25H,13-14H2,1-4H3,(H,27,29)/b26-12-. The van der Waals surface area contributed by atoms with Crippen LogP contribution in [0, 0.1) is 27.7 Å². The highest BCUT2D eigenvalue weighted by Gasteiger charge is 2.16. The molecule has 3 aromatic rings. The molecular formula is C24H26N4O3. The van der Waals surface area contributed by atoms with E-state index in [4.69, 9.17) is 9.47 Å². The maximum atomic E-state index is 12.2. The number of ether oxygens (including phenoxy) is 2. The fourth-order valence-electron chi connectivity index (χ4n) is 3.74. The monoisotopic (exact) mass is 418 g/mol. The normalized spacial score (nSPS) is 12.4. The summed E-state index contributed by atoms with van der Waals surface area (Å²) in [7, 11) is 0. The number of aryl methyl sites for hydroxylation is 3. The number of carbonyl (C=O) groups is 1. The van der Waals surface area contributed by atoms with Gasteiger partial charge in [0.1, 0.15) is 0 Å². The van der Waals surface area contributed by atoms with Crippen molar-refractivity contribution in [1.29, 1.82) is 0 Å². The molecule has 2 heterocycles. The van der Waals surface area contributed by atoms with Gasteiger partial charge in [-0.1, -0.05) is 17.7 Å². The molecule has 0 fully saturated rings. The Kier molecular flexibility index (Phi) is 5.66. The highest BCUT2D eigenvalue weighted by molar-refractivity contribution is 5.85. The van der Waals surface area contributed by atoms with Gasteiger partial charge in [-0.05, 0) is 57.5 Å². The van der Waals surface area contributed by atoms with Crippen molar-refractivity contribution in [3.05, 3.63) is 70.5 Å². The maximum absolute atomic E-state index is 12.2. The van der Waals surface area contributed by atoms with Crippen molar-refractivity contribution < 1.29 is 14.3 Å². The summed E-state index contributed by atoms with van der Waals surface area (Å²) >= 11 is 0. The maximum Gasteiger partial charge on any atom is 0.259 e. The largest absolute Gasteiger partial charge is 0.454 e. The Morgan fingerprint density at radius 3 is 2.68 bits per heavy atom. The van der Waals surface area contributed by atoms with Gasteiger partial charge in [0, 0.05) is 34.4 Å². The third kappa shape index (κ3) is 4.40. The number of amides is 1. The zero-order valence-electron chi connectivity index (χ0n) is 18.2. The van der Waals surface area contributed by atoms with Crippen molar-refractivity contribution in [3.63, 3.8) is 0 Å². The number of benzene rings is 2. The van der Waals surface area contributed by atoms with E-state index in [1.165, 1.54) is 5.56 Å². The number of hydrazone groups is 1. The van der Waals surface area contributed by atoms with Crippen LogP contribution in [0.3, 0.4) is 0 Å². The number of hydrogen-bond acceptors (Lipinski definition) is 5. The number of fused-ring (bicyclic) bond motifs is 1. The van der Waals surface area contributed by atoms with E-state index in [9.17, 15) is 4.79 Å². The van der Waals surface area contributed by atoms with Crippen LogP contribution in [0.25, 0.3) is 5.69 Å². The summed E-state index contributed by atoms with van der Waals surface area (Å²) in [6.45, 7) is 8.50. The van der Waals surface area contributed by atoms with Gasteiger partial charge in [0.2, 0.25) is 6.79 Å². The summed E-state index contributed by atoms with van der Waals surface area (Å²) in [5.41, 5.74) is 9.81. The molecule has 7 heteroatoms. The quantitative estimate of drug-likeness (QED) is 0.469. The molecule has 0 aliphatic carbocycles. The zero-order valence-corrected chi connectivity index (χ0v) is 18.2. The number of anilines is 1. The molecule has 4 rings (SSSR count). The van der Waals surface area contributed by atoms with Crippen LogP contribution >= 0.6 is 0 Å². The van der Waals surface area contributed by atoms with Gasteiger partial charge in [-0.15, -0.1) is 0 Å². The Morgan fingerprint density at radius 2 is 1.87 bits per heavy atom. The van der Waals surface area contributed by atoms with Gasteiger partial charge in [0.15, 0.2) is 11.5 Å². The van der Waals surface area contributed by atoms with Crippen LogP contribution in [0.4, 0.5) is 5.69 Å². The third-order valence-electron chi connectivity index (χ3n) is 5.30. The molecule has 0 unspecified atom stereocenters. The van der Waals surface area contributed by atoms with Gasteiger partial charge in [-0.25, -0.2) is 5.43 Å². The predicted molar refractivity (Wildman–Crippen MR) is 122 cm³/mol. The molecule has 1 amide bonds. The number of nitrogens with zero attached hydrogens (tertiary/aromatic N) is 2. The molecular weight excluding hydrogens is 392 g/mol. The summed E-state index contributed by atoms with van der Waals surface area (Å²) < 4.78 is 13.0. The second-order valence-corrected chi connectivity index (χ2v) is 7.66. The van der Waals surface area contributed by atoms with E-state index in [1.54, 1.807) is 6.21 Å². The molecule has 0 atom stereocenters. The predicted octanol–water partition coefficient (Wildman–Crippen LogP) is 4.00. The van der Waals surface area contributed by atoms with Gasteiger partial charge < -0.3 is 19.4 Å². The molecule has 160 valence electrons. The fraction of sp³-hybridized carbons (Fsp3) is 0.250. The minimum atomic E-state index is -0.208. The van der Waals surface area contributed by atoms with Crippen molar-refractivity contribution in [2.24, 2.45) is 5.10 Å². The highest BCUT2D eigenvalue weighted by atomic mass is 16.7. The van der Waals surface area contributed by atoms with E-state index < -0.39 is 0 Å². The van der Waals surface area contributed by atoms with E-state index in [1.807, 2.05) is 64.1 Å².